The van der Waals surface area contributed by atoms with E-state index >= 15 is 0 Å². The predicted molar refractivity (Wildman–Crippen MR) is 90.3 cm³/mol. The number of aryl methyl sites for hydroxylation is 1. The molecule has 0 bridgehead atoms. The number of fused-ring (bicyclic) bond motifs is 1. The highest BCUT2D eigenvalue weighted by molar-refractivity contribution is 5.92. The Hall–Kier alpha value is -2.54. The van der Waals surface area contributed by atoms with E-state index in [1.54, 1.807) is 30.0 Å². The van der Waals surface area contributed by atoms with Crippen molar-refractivity contribution in [1.82, 2.24) is 20.0 Å². The Morgan fingerprint density at radius 1 is 1.24 bits per heavy atom. The van der Waals surface area contributed by atoms with Gasteiger partial charge in [0, 0.05) is 37.9 Å². The van der Waals surface area contributed by atoms with Crippen LogP contribution < -0.4 is 10.7 Å². The fourth-order valence-corrected chi connectivity index (χ4v) is 3.73. The van der Waals surface area contributed by atoms with Crippen LogP contribution in [0.15, 0.2) is 35.1 Å². The van der Waals surface area contributed by atoms with Gasteiger partial charge in [0.25, 0.3) is 5.91 Å². The minimum atomic E-state index is -0.457. The number of rotatable bonds is 2. The van der Waals surface area contributed by atoms with Gasteiger partial charge in [0.1, 0.15) is 11.5 Å². The average molecular weight is 342 g/mol. The number of likely N-dealkylation sites (tertiary alicyclic amines) is 1. The lowest BCUT2D eigenvalue weighted by atomic mass is 10.0. The minimum Gasteiger partial charge on any atom is -0.336 e. The third kappa shape index (κ3) is 2.74. The van der Waals surface area contributed by atoms with Crippen molar-refractivity contribution in [2.75, 3.05) is 26.2 Å². The average Bonchev–Trinajstić information content (AvgIpc) is 3.17. The van der Waals surface area contributed by atoms with Gasteiger partial charge in [-0.1, -0.05) is 12.1 Å². The second-order valence-corrected chi connectivity index (χ2v) is 6.75. The van der Waals surface area contributed by atoms with Crippen LogP contribution in [0.3, 0.4) is 0 Å². The zero-order chi connectivity index (χ0) is 17.6. The second-order valence-electron chi connectivity index (χ2n) is 6.75. The molecule has 1 amide bonds. The Morgan fingerprint density at radius 3 is 2.60 bits per heavy atom. The van der Waals surface area contributed by atoms with Gasteiger partial charge in [0.05, 0.1) is 0 Å². The molecule has 6 nitrogen and oxygen atoms in total. The quantitative estimate of drug-likeness (QED) is 0.883. The molecule has 25 heavy (non-hydrogen) atoms. The molecule has 2 saturated heterocycles. The SMILES string of the molecule is Cc1cc(=O)c(C(=O)N2C[C@H]3CNC[C@H]3C2)nn1-c1ccccc1F. The first-order chi connectivity index (χ1) is 12.0. The lowest BCUT2D eigenvalue weighted by Gasteiger charge is -2.18. The minimum absolute atomic E-state index is 0.151. The van der Waals surface area contributed by atoms with Crippen molar-refractivity contribution >= 4 is 5.91 Å². The summed E-state index contributed by atoms with van der Waals surface area (Å²) < 4.78 is 15.4. The van der Waals surface area contributed by atoms with E-state index in [0.29, 0.717) is 30.6 Å². The molecule has 0 radical (unpaired) electrons. The van der Waals surface area contributed by atoms with Crippen molar-refractivity contribution in [2.45, 2.75) is 6.92 Å². The highest BCUT2D eigenvalue weighted by Gasteiger charge is 2.39. The Labute approximate surface area is 144 Å². The molecule has 3 heterocycles. The van der Waals surface area contributed by atoms with Crippen LogP contribution in [0.2, 0.25) is 0 Å². The number of hydrogen-bond acceptors (Lipinski definition) is 4. The van der Waals surface area contributed by atoms with E-state index < -0.39 is 11.2 Å². The van der Waals surface area contributed by atoms with Crippen LogP contribution in [0.1, 0.15) is 16.2 Å². The Bertz CT molecular complexity index is 883. The molecule has 2 fully saturated rings. The number of carbonyl (C=O) groups is 1. The number of halogens is 1. The third-order valence-electron chi connectivity index (χ3n) is 5.07. The molecular weight excluding hydrogens is 323 g/mol. The van der Waals surface area contributed by atoms with Gasteiger partial charge < -0.3 is 10.2 Å². The molecule has 1 aromatic carbocycles. The van der Waals surface area contributed by atoms with Gasteiger partial charge in [-0.25, -0.2) is 9.07 Å². The van der Waals surface area contributed by atoms with Gasteiger partial charge in [-0.3, -0.25) is 9.59 Å². The molecule has 2 aliphatic rings. The summed E-state index contributed by atoms with van der Waals surface area (Å²) in [7, 11) is 0. The molecule has 130 valence electrons. The number of amides is 1. The smallest absolute Gasteiger partial charge is 0.278 e. The summed E-state index contributed by atoms with van der Waals surface area (Å²) in [6.45, 7) is 4.72. The summed E-state index contributed by atoms with van der Waals surface area (Å²) in [4.78, 5) is 26.8. The molecule has 2 atom stereocenters. The molecule has 0 spiro atoms. The fraction of sp³-hybridized carbons (Fsp3) is 0.389. The van der Waals surface area contributed by atoms with Gasteiger partial charge in [-0.2, -0.15) is 5.10 Å². The van der Waals surface area contributed by atoms with Crippen molar-refractivity contribution in [3.8, 4) is 5.69 Å². The van der Waals surface area contributed by atoms with Crippen LogP contribution in [0, 0.1) is 24.6 Å². The summed E-state index contributed by atoms with van der Waals surface area (Å²) in [5.74, 6) is 0.0396. The number of aromatic nitrogens is 2. The second kappa shape index (κ2) is 6.07. The predicted octanol–water partition coefficient (Wildman–Crippen LogP) is 0.971. The van der Waals surface area contributed by atoms with Crippen molar-refractivity contribution in [1.29, 1.82) is 0 Å². The van der Waals surface area contributed by atoms with E-state index in [0.717, 1.165) is 13.1 Å². The largest absolute Gasteiger partial charge is 0.336 e. The Morgan fingerprint density at radius 2 is 1.92 bits per heavy atom. The van der Waals surface area contributed by atoms with E-state index in [2.05, 4.69) is 10.4 Å². The lowest BCUT2D eigenvalue weighted by molar-refractivity contribution is 0.0772. The third-order valence-corrected chi connectivity index (χ3v) is 5.07. The fourth-order valence-electron chi connectivity index (χ4n) is 3.73. The van der Waals surface area contributed by atoms with Gasteiger partial charge >= 0.3 is 0 Å². The number of carbonyl (C=O) groups excluding carboxylic acids is 1. The van der Waals surface area contributed by atoms with Crippen LogP contribution in [0.4, 0.5) is 4.39 Å². The Kier molecular flexibility index (Phi) is 3.88. The highest BCUT2D eigenvalue weighted by atomic mass is 19.1. The summed E-state index contributed by atoms with van der Waals surface area (Å²) in [6.07, 6.45) is 0. The van der Waals surface area contributed by atoms with Gasteiger partial charge in [0.2, 0.25) is 5.43 Å². The molecule has 1 aromatic heterocycles. The maximum absolute atomic E-state index is 14.1. The number of hydrogen-bond donors (Lipinski definition) is 1. The summed E-state index contributed by atoms with van der Waals surface area (Å²) in [5.41, 5.74) is 0.123. The van der Waals surface area contributed by atoms with Crippen molar-refractivity contribution < 1.29 is 9.18 Å². The van der Waals surface area contributed by atoms with E-state index in [4.69, 9.17) is 0 Å². The topological polar surface area (TPSA) is 67.2 Å². The number of para-hydroxylation sites is 1. The molecule has 7 heteroatoms. The first-order valence-electron chi connectivity index (χ1n) is 8.40. The van der Waals surface area contributed by atoms with Crippen LogP contribution in [0.25, 0.3) is 5.69 Å². The Balaban J connectivity index is 1.71. The van der Waals surface area contributed by atoms with Crippen molar-refractivity contribution in [3.05, 3.63) is 57.8 Å². The van der Waals surface area contributed by atoms with Gasteiger partial charge in [-0.05, 0) is 30.9 Å². The normalized spacial score (nSPS) is 22.2. The van der Waals surface area contributed by atoms with E-state index in [1.807, 2.05) is 0 Å². The van der Waals surface area contributed by atoms with Gasteiger partial charge in [-0.15, -0.1) is 0 Å². The molecule has 0 unspecified atom stereocenters. The first kappa shape index (κ1) is 16.0. The van der Waals surface area contributed by atoms with Crippen LogP contribution in [0.5, 0.6) is 0 Å². The first-order valence-corrected chi connectivity index (χ1v) is 8.40. The molecule has 0 saturated carbocycles. The zero-order valence-electron chi connectivity index (χ0n) is 13.9. The maximum Gasteiger partial charge on any atom is 0.278 e. The van der Waals surface area contributed by atoms with E-state index in [9.17, 15) is 14.0 Å². The molecular formula is C18H19FN4O2. The zero-order valence-corrected chi connectivity index (χ0v) is 13.9. The van der Waals surface area contributed by atoms with Crippen LogP contribution >= 0.6 is 0 Å². The summed E-state index contributed by atoms with van der Waals surface area (Å²) in [6, 6.07) is 7.50. The number of benzene rings is 1. The number of nitrogens with one attached hydrogen (secondary N) is 1. The molecule has 0 aliphatic carbocycles. The van der Waals surface area contributed by atoms with Gasteiger partial charge in [0.15, 0.2) is 5.69 Å². The van der Waals surface area contributed by atoms with E-state index in [-0.39, 0.29) is 17.3 Å². The maximum atomic E-state index is 14.1. The lowest BCUT2D eigenvalue weighted by Crippen LogP contribution is -2.36. The summed E-state index contributed by atoms with van der Waals surface area (Å²) >= 11 is 0. The van der Waals surface area contributed by atoms with Crippen LogP contribution in [-0.2, 0) is 0 Å². The van der Waals surface area contributed by atoms with Crippen LogP contribution in [-0.4, -0.2) is 46.8 Å². The molecule has 2 aliphatic heterocycles. The van der Waals surface area contributed by atoms with Crippen molar-refractivity contribution in [2.24, 2.45) is 11.8 Å². The van der Waals surface area contributed by atoms with Crippen molar-refractivity contribution in [3.63, 3.8) is 0 Å². The standard InChI is InChI=1S/C18H19FN4O2/c1-11-6-16(24)17(21-23(11)15-5-3-2-4-14(15)19)18(25)22-9-12-7-20-8-13(12)10-22/h2-6,12-13,20H,7-10H2,1H3/t12-,13+. The molecule has 4 rings (SSSR count). The highest BCUT2D eigenvalue weighted by Crippen LogP contribution is 2.27. The number of nitrogens with zero attached hydrogens (tertiary/aromatic N) is 3. The monoisotopic (exact) mass is 342 g/mol. The summed E-state index contributed by atoms with van der Waals surface area (Å²) in [5, 5.41) is 7.52. The molecule has 2 aromatic rings. The van der Waals surface area contributed by atoms with E-state index in [1.165, 1.54) is 16.8 Å². The molecule has 1 N–H and O–H groups in total.